The number of aliphatic hydroxyl groups is 1. The van der Waals surface area contributed by atoms with Crippen LogP contribution in [-0.4, -0.2) is 86.2 Å². The van der Waals surface area contributed by atoms with E-state index >= 15 is 0 Å². The van der Waals surface area contributed by atoms with Gasteiger partial charge in [-0.15, -0.1) is 0 Å². The maximum atomic E-state index is 10.4. The normalized spacial score (nSPS) is 31.6. The molecule has 2 atom stereocenters. The Morgan fingerprint density at radius 2 is 2.50 bits per heavy atom. The average molecular weight is 303 g/mol. The molecule has 2 aliphatic rings. The third-order valence-electron chi connectivity index (χ3n) is 3.66. The van der Waals surface area contributed by atoms with Crippen LogP contribution in [0.3, 0.4) is 0 Å². The van der Waals surface area contributed by atoms with Crippen molar-refractivity contribution in [3.63, 3.8) is 0 Å². The van der Waals surface area contributed by atoms with E-state index in [2.05, 4.69) is 15.2 Å². The zero-order valence-electron chi connectivity index (χ0n) is 12.3. The van der Waals surface area contributed by atoms with Crippen molar-refractivity contribution < 1.29 is 14.6 Å². The number of hydrogen-bond donors (Lipinski definition) is 2. The largest absolute Gasteiger partial charge is 0.387 e. The van der Waals surface area contributed by atoms with Gasteiger partial charge >= 0.3 is 0 Å². The van der Waals surface area contributed by atoms with Gasteiger partial charge in [0.15, 0.2) is 5.96 Å². The first kappa shape index (κ1) is 15.9. The predicted octanol–water partition coefficient (Wildman–Crippen LogP) is -0.223. The summed E-state index contributed by atoms with van der Waals surface area (Å²) < 4.78 is 10.8. The summed E-state index contributed by atoms with van der Waals surface area (Å²) in [6.45, 7) is 3.40. The number of ether oxygens (including phenoxy) is 2. The molecule has 0 radical (unpaired) electrons. The van der Waals surface area contributed by atoms with Gasteiger partial charge in [0.25, 0.3) is 0 Å². The molecular weight excluding hydrogens is 278 g/mol. The van der Waals surface area contributed by atoms with Crippen LogP contribution in [0.15, 0.2) is 4.99 Å². The van der Waals surface area contributed by atoms with Crippen molar-refractivity contribution in [3.05, 3.63) is 0 Å². The third-order valence-corrected chi connectivity index (χ3v) is 4.89. The Labute approximate surface area is 124 Å². The molecular formula is C13H25N3O3S. The van der Waals surface area contributed by atoms with E-state index in [0.717, 1.165) is 37.0 Å². The number of methoxy groups -OCH3 is 1. The molecule has 0 aromatic rings. The fourth-order valence-corrected chi connectivity index (χ4v) is 3.81. The molecule has 6 nitrogen and oxygen atoms in total. The van der Waals surface area contributed by atoms with Gasteiger partial charge in [-0.1, -0.05) is 0 Å². The lowest BCUT2D eigenvalue weighted by Crippen LogP contribution is -2.54. The number of thioether (sulfide) groups is 1. The molecule has 0 bridgehead atoms. The fourth-order valence-electron chi connectivity index (χ4n) is 2.51. The summed E-state index contributed by atoms with van der Waals surface area (Å²) in [5.74, 6) is 2.66. The van der Waals surface area contributed by atoms with Crippen LogP contribution in [0.25, 0.3) is 0 Å². The molecule has 2 fully saturated rings. The molecule has 20 heavy (non-hydrogen) atoms. The van der Waals surface area contributed by atoms with E-state index in [-0.39, 0.29) is 6.10 Å². The summed E-state index contributed by atoms with van der Waals surface area (Å²) in [5, 5.41) is 13.7. The fraction of sp³-hybridized carbons (Fsp3) is 0.923. The number of nitrogens with one attached hydrogen (secondary N) is 1. The van der Waals surface area contributed by atoms with Gasteiger partial charge < -0.3 is 24.8 Å². The minimum atomic E-state index is -0.598. The van der Waals surface area contributed by atoms with E-state index in [1.54, 1.807) is 25.9 Å². The molecule has 0 saturated carbocycles. The first-order chi connectivity index (χ1) is 9.67. The zero-order chi connectivity index (χ0) is 14.4. The van der Waals surface area contributed by atoms with Crippen molar-refractivity contribution in [2.75, 3.05) is 58.5 Å². The molecule has 2 N–H and O–H groups in total. The molecule has 7 heteroatoms. The highest BCUT2D eigenvalue weighted by Gasteiger charge is 2.32. The van der Waals surface area contributed by atoms with Gasteiger partial charge in [0, 0.05) is 39.5 Å². The molecule has 0 aromatic carbocycles. The van der Waals surface area contributed by atoms with Crippen molar-refractivity contribution in [1.29, 1.82) is 0 Å². The summed E-state index contributed by atoms with van der Waals surface area (Å²) in [4.78, 5) is 6.48. The van der Waals surface area contributed by atoms with Gasteiger partial charge in [-0.3, -0.25) is 4.99 Å². The van der Waals surface area contributed by atoms with E-state index in [9.17, 15) is 5.11 Å². The van der Waals surface area contributed by atoms with Crippen LogP contribution in [0.1, 0.15) is 6.42 Å². The Bertz CT molecular complexity index is 333. The lowest BCUT2D eigenvalue weighted by molar-refractivity contribution is -0.0449. The van der Waals surface area contributed by atoms with Crippen molar-refractivity contribution in [3.8, 4) is 0 Å². The quantitative estimate of drug-likeness (QED) is 0.553. The molecule has 2 heterocycles. The van der Waals surface area contributed by atoms with Gasteiger partial charge in [-0.25, -0.2) is 0 Å². The van der Waals surface area contributed by atoms with E-state index in [0.29, 0.717) is 19.8 Å². The number of aliphatic imine (C=N–C) groups is 1. The van der Waals surface area contributed by atoms with Gasteiger partial charge in [-0.2, -0.15) is 11.8 Å². The van der Waals surface area contributed by atoms with E-state index < -0.39 is 5.60 Å². The van der Waals surface area contributed by atoms with E-state index in [1.165, 1.54) is 0 Å². The smallest absolute Gasteiger partial charge is 0.193 e. The van der Waals surface area contributed by atoms with Crippen LogP contribution in [0, 0.1) is 0 Å². The summed E-state index contributed by atoms with van der Waals surface area (Å²) in [6.07, 6.45) is 0.925. The highest BCUT2D eigenvalue weighted by Crippen LogP contribution is 2.27. The number of hydrogen-bond acceptors (Lipinski definition) is 5. The summed E-state index contributed by atoms with van der Waals surface area (Å²) in [7, 11) is 3.46. The van der Waals surface area contributed by atoms with Crippen LogP contribution in [-0.2, 0) is 9.47 Å². The van der Waals surface area contributed by atoms with Gasteiger partial charge in [0.05, 0.1) is 24.9 Å². The Hall–Kier alpha value is -0.500. The Kier molecular flexibility index (Phi) is 5.95. The highest BCUT2D eigenvalue weighted by atomic mass is 32.2. The molecule has 116 valence electrons. The van der Waals surface area contributed by atoms with Gasteiger partial charge in [0.1, 0.15) is 0 Å². The van der Waals surface area contributed by atoms with E-state index in [1.807, 2.05) is 0 Å². The number of nitrogens with zero attached hydrogens (tertiary/aromatic N) is 2. The van der Waals surface area contributed by atoms with Crippen LogP contribution in [0.2, 0.25) is 0 Å². The topological polar surface area (TPSA) is 66.3 Å². The molecule has 0 aromatic heterocycles. The van der Waals surface area contributed by atoms with Crippen LogP contribution in [0.5, 0.6) is 0 Å². The lowest BCUT2D eigenvalue weighted by atomic mass is 10.0. The van der Waals surface area contributed by atoms with Crippen molar-refractivity contribution in [2.45, 2.75) is 18.1 Å². The second-order valence-electron chi connectivity index (χ2n) is 5.32. The van der Waals surface area contributed by atoms with Gasteiger partial charge in [0.2, 0.25) is 0 Å². The third kappa shape index (κ3) is 4.25. The molecule has 0 aliphatic carbocycles. The first-order valence-corrected chi connectivity index (χ1v) is 8.18. The molecule has 0 amide bonds. The molecule has 2 rings (SSSR count). The predicted molar refractivity (Wildman–Crippen MR) is 81.4 cm³/mol. The SMILES string of the molecule is CN=C(NCC1(O)CCSC1)N1CCOC(COC)C1. The summed E-state index contributed by atoms with van der Waals surface area (Å²) in [5.41, 5.74) is -0.598. The van der Waals surface area contributed by atoms with Crippen LogP contribution in [0.4, 0.5) is 0 Å². The van der Waals surface area contributed by atoms with Crippen LogP contribution >= 0.6 is 11.8 Å². The minimum Gasteiger partial charge on any atom is -0.387 e. The Morgan fingerprint density at radius 1 is 1.65 bits per heavy atom. The minimum absolute atomic E-state index is 0.0809. The van der Waals surface area contributed by atoms with Crippen LogP contribution < -0.4 is 5.32 Å². The second-order valence-corrected chi connectivity index (χ2v) is 6.43. The maximum Gasteiger partial charge on any atom is 0.193 e. The Balaban J connectivity index is 1.84. The average Bonchev–Trinajstić information content (AvgIpc) is 2.88. The first-order valence-electron chi connectivity index (χ1n) is 7.03. The standard InChI is InChI=1S/C13H25N3O3S/c1-14-12(15-9-13(17)3-6-20-10-13)16-4-5-19-11(7-16)8-18-2/h11,17H,3-10H2,1-2H3,(H,14,15). The summed E-state index contributed by atoms with van der Waals surface area (Å²) in [6, 6.07) is 0. The Morgan fingerprint density at radius 3 is 3.15 bits per heavy atom. The summed E-state index contributed by atoms with van der Waals surface area (Å²) >= 11 is 1.80. The van der Waals surface area contributed by atoms with Crippen molar-refractivity contribution in [1.82, 2.24) is 10.2 Å². The second kappa shape index (κ2) is 7.49. The number of morpholine rings is 1. The van der Waals surface area contributed by atoms with Gasteiger partial charge in [-0.05, 0) is 12.2 Å². The lowest BCUT2D eigenvalue weighted by Gasteiger charge is -2.35. The molecule has 0 spiro atoms. The maximum absolute atomic E-state index is 10.4. The number of rotatable bonds is 4. The van der Waals surface area contributed by atoms with Crippen molar-refractivity contribution >= 4 is 17.7 Å². The zero-order valence-corrected chi connectivity index (χ0v) is 13.1. The molecule has 2 aliphatic heterocycles. The monoisotopic (exact) mass is 303 g/mol. The van der Waals surface area contributed by atoms with E-state index in [4.69, 9.17) is 9.47 Å². The van der Waals surface area contributed by atoms with Crippen molar-refractivity contribution in [2.24, 2.45) is 4.99 Å². The molecule has 2 unspecified atom stereocenters. The molecule has 2 saturated heterocycles. The number of guanidine groups is 1. The highest BCUT2D eigenvalue weighted by molar-refractivity contribution is 7.99.